The minimum Gasteiger partial charge on any atom is -0.493 e. The number of carbonyl (C=O) groups is 1. The third-order valence-electron chi connectivity index (χ3n) is 3.73. The summed E-state index contributed by atoms with van der Waals surface area (Å²) >= 11 is 0. The number of pyridine rings is 1. The van der Waals surface area contributed by atoms with Gasteiger partial charge in [0.15, 0.2) is 11.5 Å². The molecule has 0 bridgehead atoms. The lowest BCUT2D eigenvalue weighted by Crippen LogP contribution is -2.24. The fraction of sp³-hybridized carbons (Fsp3) is 0.368. The molecule has 0 saturated heterocycles. The van der Waals surface area contributed by atoms with Gasteiger partial charge in [0.1, 0.15) is 5.82 Å². The summed E-state index contributed by atoms with van der Waals surface area (Å²) in [5, 5.41) is 6.11. The summed E-state index contributed by atoms with van der Waals surface area (Å²) in [5.74, 6) is 2.04. The van der Waals surface area contributed by atoms with Crippen molar-refractivity contribution in [3.8, 4) is 11.5 Å². The maximum atomic E-state index is 12.0. The number of methoxy groups -OCH3 is 2. The Labute approximate surface area is 148 Å². The molecule has 0 fully saturated rings. The molecule has 0 aliphatic carbocycles. The summed E-state index contributed by atoms with van der Waals surface area (Å²) < 4.78 is 10.6. The van der Waals surface area contributed by atoms with E-state index in [9.17, 15) is 4.79 Å². The minimum atomic E-state index is -0.0767. The van der Waals surface area contributed by atoms with E-state index in [0.29, 0.717) is 36.0 Å². The van der Waals surface area contributed by atoms with Crippen LogP contribution in [0.5, 0.6) is 11.5 Å². The van der Waals surface area contributed by atoms with E-state index in [1.165, 1.54) is 0 Å². The molecule has 2 aromatic rings. The first-order valence-corrected chi connectivity index (χ1v) is 8.37. The number of carbonyl (C=O) groups excluding carboxylic acids is 1. The van der Waals surface area contributed by atoms with Crippen molar-refractivity contribution in [2.24, 2.45) is 0 Å². The van der Waals surface area contributed by atoms with Crippen molar-refractivity contribution in [3.05, 3.63) is 47.7 Å². The van der Waals surface area contributed by atoms with E-state index in [1.54, 1.807) is 32.5 Å². The molecule has 134 valence electrons. The number of hydrogen-bond acceptors (Lipinski definition) is 5. The molecule has 1 aromatic carbocycles. The first-order valence-electron chi connectivity index (χ1n) is 8.37. The number of amides is 1. The molecule has 0 aliphatic heterocycles. The molecule has 0 atom stereocenters. The summed E-state index contributed by atoms with van der Waals surface area (Å²) in [6.07, 6.45) is 3.35. The molecule has 6 heteroatoms. The summed E-state index contributed by atoms with van der Waals surface area (Å²) in [5.41, 5.74) is 1.74. The fourth-order valence-corrected chi connectivity index (χ4v) is 2.38. The summed E-state index contributed by atoms with van der Waals surface area (Å²) in [7, 11) is 3.24. The van der Waals surface area contributed by atoms with Crippen molar-refractivity contribution in [1.29, 1.82) is 0 Å². The second-order valence-electron chi connectivity index (χ2n) is 5.55. The van der Waals surface area contributed by atoms with E-state index in [-0.39, 0.29) is 5.91 Å². The molecule has 0 spiro atoms. The van der Waals surface area contributed by atoms with Gasteiger partial charge in [0.25, 0.3) is 5.91 Å². The SMILES string of the molecule is CCCNC(=O)c1ccnc(NCCc2ccc(OC)c(OC)c2)c1. The number of nitrogens with zero attached hydrogens (tertiary/aromatic N) is 1. The Morgan fingerprint density at radius 3 is 2.60 bits per heavy atom. The molecule has 25 heavy (non-hydrogen) atoms. The van der Waals surface area contributed by atoms with E-state index in [2.05, 4.69) is 15.6 Å². The maximum Gasteiger partial charge on any atom is 0.251 e. The van der Waals surface area contributed by atoms with Crippen LogP contribution in [0, 0.1) is 0 Å². The van der Waals surface area contributed by atoms with Crippen molar-refractivity contribution in [1.82, 2.24) is 10.3 Å². The molecule has 0 saturated carbocycles. The van der Waals surface area contributed by atoms with Crippen LogP contribution in [0.2, 0.25) is 0 Å². The van der Waals surface area contributed by atoms with E-state index < -0.39 is 0 Å². The van der Waals surface area contributed by atoms with Crippen molar-refractivity contribution in [2.75, 3.05) is 32.6 Å². The van der Waals surface area contributed by atoms with Crippen LogP contribution < -0.4 is 20.1 Å². The Morgan fingerprint density at radius 1 is 1.08 bits per heavy atom. The highest BCUT2D eigenvalue weighted by Crippen LogP contribution is 2.27. The number of rotatable bonds is 9. The van der Waals surface area contributed by atoms with Crippen LogP contribution in [-0.4, -0.2) is 38.2 Å². The van der Waals surface area contributed by atoms with Crippen LogP contribution >= 0.6 is 0 Å². The first-order chi connectivity index (χ1) is 12.2. The molecule has 1 aromatic heterocycles. The van der Waals surface area contributed by atoms with Gasteiger partial charge >= 0.3 is 0 Å². The summed E-state index contributed by atoms with van der Waals surface area (Å²) in [6.45, 7) is 3.39. The van der Waals surface area contributed by atoms with Gasteiger partial charge in [-0.1, -0.05) is 13.0 Å². The second kappa shape index (κ2) is 9.52. The van der Waals surface area contributed by atoms with Crippen LogP contribution in [0.1, 0.15) is 29.3 Å². The van der Waals surface area contributed by atoms with Gasteiger partial charge < -0.3 is 20.1 Å². The third kappa shape index (κ3) is 5.38. The molecule has 1 amide bonds. The van der Waals surface area contributed by atoms with Gasteiger partial charge in [-0.3, -0.25) is 4.79 Å². The Balaban J connectivity index is 1.92. The normalized spacial score (nSPS) is 10.2. The van der Waals surface area contributed by atoms with E-state index in [1.807, 2.05) is 25.1 Å². The number of ether oxygens (including phenoxy) is 2. The van der Waals surface area contributed by atoms with E-state index in [0.717, 1.165) is 18.4 Å². The predicted octanol–water partition coefficient (Wildman–Crippen LogP) is 2.89. The fourth-order valence-electron chi connectivity index (χ4n) is 2.38. The number of benzene rings is 1. The number of anilines is 1. The van der Waals surface area contributed by atoms with Crippen LogP contribution in [0.25, 0.3) is 0 Å². The molecule has 2 rings (SSSR count). The average molecular weight is 343 g/mol. The van der Waals surface area contributed by atoms with Gasteiger partial charge in [-0.05, 0) is 42.7 Å². The van der Waals surface area contributed by atoms with Crippen LogP contribution in [-0.2, 0) is 6.42 Å². The lowest BCUT2D eigenvalue weighted by Gasteiger charge is -2.11. The van der Waals surface area contributed by atoms with E-state index >= 15 is 0 Å². The largest absolute Gasteiger partial charge is 0.493 e. The summed E-state index contributed by atoms with van der Waals surface area (Å²) in [6, 6.07) is 9.34. The Kier molecular flexibility index (Phi) is 7.07. The molecule has 2 N–H and O–H groups in total. The van der Waals surface area contributed by atoms with Gasteiger partial charge in [-0.15, -0.1) is 0 Å². The van der Waals surface area contributed by atoms with Gasteiger partial charge in [0.2, 0.25) is 0 Å². The van der Waals surface area contributed by atoms with Crippen LogP contribution in [0.15, 0.2) is 36.5 Å². The van der Waals surface area contributed by atoms with Gasteiger partial charge in [-0.2, -0.15) is 0 Å². The van der Waals surface area contributed by atoms with E-state index in [4.69, 9.17) is 9.47 Å². The lowest BCUT2D eigenvalue weighted by molar-refractivity contribution is 0.0953. The van der Waals surface area contributed by atoms with Gasteiger partial charge in [-0.25, -0.2) is 4.98 Å². The zero-order chi connectivity index (χ0) is 18.1. The average Bonchev–Trinajstić information content (AvgIpc) is 2.66. The maximum absolute atomic E-state index is 12.0. The molecule has 6 nitrogen and oxygen atoms in total. The Bertz CT molecular complexity index is 704. The highest BCUT2D eigenvalue weighted by atomic mass is 16.5. The first kappa shape index (κ1) is 18.6. The zero-order valence-corrected chi connectivity index (χ0v) is 15.0. The highest BCUT2D eigenvalue weighted by Gasteiger charge is 2.07. The monoisotopic (exact) mass is 343 g/mol. The van der Waals surface area contributed by atoms with Gasteiger partial charge in [0, 0.05) is 24.8 Å². The Morgan fingerprint density at radius 2 is 1.88 bits per heavy atom. The number of hydrogen-bond donors (Lipinski definition) is 2. The lowest BCUT2D eigenvalue weighted by atomic mass is 10.1. The summed E-state index contributed by atoms with van der Waals surface area (Å²) in [4.78, 5) is 16.2. The standard InChI is InChI=1S/C19H25N3O3/c1-4-9-22-19(23)15-8-11-21-18(13-15)20-10-7-14-5-6-16(24-2)17(12-14)25-3/h5-6,8,11-13H,4,7,9-10H2,1-3H3,(H,20,21)(H,22,23). The Hall–Kier alpha value is -2.76. The van der Waals surface area contributed by atoms with Crippen molar-refractivity contribution < 1.29 is 14.3 Å². The van der Waals surface area contributed by atoms with Crippen LogP contribution in [0.3, 0.4) is 0 Å². The molecule has 0 unspecified atom stereocenters. The number of nitrogens with one attached hydrogen (secondary N) is 2. The van der Waals surface area contributed by atoms with Crippen molar-refractivity contribution in [3.63, 3.8) is 0 Å². The minimum absolute atomic E-state index is 0.0767. The smallest absolute Gasteiger partial charge is 0.251 e. The molecule has 0 radical (unpaired) electrons. The quantitative estimate of drug-likeness (QED) is 0.732. The van der Waals surface area contributed by atoms with Crippen LogP contribution in [0.4, 0.5) is 5.82 Å². The molecule has 1 heterocycles. The topological polar surface area (TPSA) is 72.5 Å². The van der Waals surface area contributed by atoms with Gasteiger partial charge in [0.05, 0.1) is 14.2 Å². The second-order valence-corrected chi connectivity index (χ2v) is 5.55. The zero-order valence-electron chi connectivity index (χ0n) is 15.0. The third-order valence-corrected chi connectivity index (χ3v) is 3.73. The van der Waals surface area contributed by atoms with Crippen molar-refractivity contribution >= 4 is 11.7 Å². The highest BCUT2D eigenvalue weighted by molar-refractivity contribution is 5.94. The van der Waals surface area contributed by atoms with Crippen molar-refractivity contribution in [2.45, 2.75) is 19.8 Å². The predicted molar refractivity (Wildman–Crippen MR) is 98.6 cm³/mol. The molecular formula is C19H25N3O3. The number of aromatic nitrogens is 1. The molecular weight excluding hydrogens is 318 g/mol. The molecule has 0 aliphatic rings.